The summed E-state index contributed by atoms with van der Waals surface area (Å²) in [5.74, 6) is 1.41. The number of nitrogens with zero attached hydrogens (tertiary/aromatic N) is 7. The summed E-state index contributed by atoms with van der Waals surface area (Å²) in [7, 11) is -3.69. The van der Waals surface area contributed by atoms with E-state index in [0.29, 0.717) is 37.1 Å². The molecule has 3 aromatic heterocycles. The third-order valence-electron chi connectivity index (χ3n) is 6.64. The van der Waals surface area contributed by atoms with Crippen LogP contribution in [0.3, 0.4) is 0 Å². The first-order chi connectivity index (χ1) is 17.2. The highest BCUT2D eigenvalue weighted by Crippen LogP contribution is 2.34. The van der Waals surface area contributed by atoms with E-state index in [1.807, 2.05) is 39.1 Å². The van der Waals surface area contributed by atoms with E-state index in [1.54, 1.807) is 21.8 Å². The summed E-state index contributed by atoms with van der Waals surface area (Å²) >= 11 is 0. The molecule has 0 bridgehead atoms. The molecule has 12 heteroatoms. The predicted octanol–water partition coefficient (Wildman–Crippen LogP) is 4.68. The van der Waals surface area contributed by atoms with E-state index in [9.17, 15) is 4.21 Å². The fraction of sp³-hybridized carbons (Fsp3) is 0.640. The van der Waals surface area contributed by atoms with E-state index in [-0.39, 0.29) is 6.04 Å². The molecular formula is C25H41N7O3SSi. The topological polar surface area (TPSA) is 99.7 Å². The number of pyridine rings is 1. The number of ether oxygens (including phenoxy) is 2. The van der Waals surface area contributed by atoms with Crippen LogP contribution >= 0.6 is 0 Å². The molecule has 1 unspecified atom stereocenters. The molecule has 3 aromatic rings. The van der Waals surface area contributed by atoms with Gasteiger partial charge in [-0.3, -0.25) is 0 Å². The molecule has 1 fully saturated rings. The summed E-state index contributed by atoms with van der Waals surface area (Å²) in [4.78, 5) is 7.20. The average Bonchev–Trinajstić information content (AvgIpc) is 3.42. The molecule has 0 aromatic carbocycles. The van der Waals surface area contributed by atoms with Gasteiger partial charge in [0.05, 0.1) is 46.3 Å². The molecule has 0 saturated carbocycles. The van der Waals surface area contributed by atoms with Gasteiger partial charge in [0.2, 0.25) is 0 Å². The van der Waals surface area contributed by atoms with E-state index < -0.39 is 22.5 Å². The molecule has 2 atom stereocenters. The maximum atomic E-state index is 13.6. The van der Waals surface area contributed by atoms with Crippen molar-refractivity contribution in [3.8, 4) is 5.82 Å². The lowest BCUT2D eigenvalue weighted by Gasteiger charge is -2.34. The van der Waals surface area contributed by atoms with E-state index >= 15 is 0 Å². The number of morpholine rings is 1. The van der Waals surface area contributed by atoms with Crippen LogP contribution in [0.2, 0.25) is 25.7 Å². The summed E-state index contributed by atoms with van der Waals surface area (Å²) in [6, 6.07) is 5.09. The van der Waals surface area contributed by atoms with Gasteiger partial charge in [0.15, 0.2) is 11.5 Å². The summed E-state index contributed by atoms with van der Waals surface area (Å²) in [5, 5.41) is 10.0. The zero-order valence-electron chi connectivity index (χ0n) is 23.4. The number of aromatic nitrogens is 5. The van der Waals surface area contributed by atoms with Crippen LogP contribution < -0.4 is 4.90 Å². The first-order valence-corrected chi connectivity index (χ1v) is 18.4. The molecular weight excluding hydrogens is 506 g/mol. The van der Waals surface area contributed by atoms with Crippen molar-refractivity contribution in [2.24, 2.45) is 4.36 Å². The van der Waals surface area contributed by atoms with Crippen LogP contribution in [0.25, 0.3) is 16.9 Å². The van der Waals surface area contributed by atoms with Crippen molar-refractivity contribution >= 4 is 40.3 Å². The highest BCUT2D eigenvalue weighted by molar-refractivity contribution is 7.94. The Kier molecular flexibility index (Phi) is 7.85. The van der Waals surface area contributed by atoms with Gasteiger partial charge in [-0.15, -0.1) is 0 Å². The lowest BCUT2D eigenvalue weighted by molar-refractivity contribution is 0.0785. The van der Waals surface area contributed by atoms with E-state index in [4.69, 9.17) is 18.8 Å². The Hall–Kier alpha value is -2.28. The Morgan fingerprint density at radius 2 is 2.03 bits per heavy atom. The van der Waals surface area contributed by atoms with Crippen LogP contribution in [-0.2, 0) is 25.9 Å². The number of anilines is 1. The number of rotatable bonds is 8. The highest BCUT2D eigenvalue weighted by Gasteiger charge is 2.26. The molecule has 0 radical (unpaired) electrons. The van der Waals surface area contributed by atoms with Crippen LogP contribution in [0.15, 0.2) is 28.9 Å². The molecule has 4 heterocycles. The van der Waals surface area contributed by atoms with Crippen molar-refractivity contribution in [2.75, 3.05) is 37.5 Å². The lowest BCUT2D eigenvalue weighted by Crippen LogP contribution is -2.44. The number of fused-ring (bicyclic) bond motifs is 1. The predicted molar refractivity (Wildman–Crippen MR) is 152 cm³/mol. The van der Waals surface area contributed by atoms with Crippen LogP contribution in [0.4, 0.5) is 11.5 Å². The minimum atomic E-state index is -2.54. The molecule has 0 aliphatic carbocycles. The molecule has 1 aliphatic rings. The van der Waals surface area contributed by atoms with Crippen molar-refractivity contribution in [3.05, 3.63) is 24.5 Å². The van der Waals surface area contributed by atoms with Gasteiger partial charge in [-0.05, 0) is 33.7 Å². The summed E-state index contributed by atoms with van der Waals surface area (Å²) in [5.41, 5.74) is 1.26. The number of hydrogen-bond acceptors (Lipinski definition) is 8. The molecule has 1 aliphatic heterocycles. The summed E-state index contributed by atoms with van der Waals surface area (Å²) in [6.45, 7) is 18.1. The number of hydrogen-bond donors (Lipinski definition) is 0. The smallest absolute Gasteiger partial charge is 0.177 e. The minimum absolute atomic E-state index is 0.157. The second-order valence-corrected chi connectivity index (χ2v) is 20.6. The fourth-order valence-corrected chi connectivity index (χ4v) is 5.38. The molecule has 0 spiro atoms. The van der Waals surface area contributed by atoms with Crippen molar-refractivity contribution in [2.45, 2.75) is 70.9 Å². The zero-order chi connectivity index (χ0) is 27.0. The SMILES string of the molecule is C[C@@H]1COCCN1c1cc(N=S(C)(=O)C(C)(C)C)c2cnn(-c3ccn(COCC[Si](C)(C)C)n3)c2n1. The third-order valence-corrected chi connectivity index (χ3v) is 11.2. The molecule has 204 valence electrons. The lowest BCUT2D eigenvalue weighted by atomic mass is 10.2. The van der Waals surface area contributed by atoms with Gasteiger partial charge in [-0.25, -0.2) is 13.9 Å². The van der Waals surface area contributed by atoms with Crippen molar-refractivity contribution in [3.63, 3.8) is 0 Å². The molecule has 1 saturated heterocycles. The second-order valence-electron chi connectivity index (χ2n) is 12.0. The average molecular weight is 548 g/mol. The van der Waals surface area contributed by atoms with E-state index in [1.165, 1.54) is 0 Å². The first kappa shape index (κ1) is 27.7. The van der Waals surface area contributed by atoms with E-state index in [2.05, 4.69) is 41.7 Å². The fourth-order valence-electron chi connectivity index (χ4n) is 3.83. The Morgan fingerprint density at radius 3 is 2.70 bits per heavy atom. The van der Waals surface area contributed by atoms with Gasteiger partial charge < -0.3 is 14.4 Å². The maximum absolute atomic E-state index is 13.6. The van der Waals surface area contributed by atoms with Crippen LogP contribution in [0.5, 0.6) is 0 Å². The quantitative estimate of drug-likeness (QED) is 0.298. The van der Waals surface area contributed by atoms with Gasteiger partial charge in [0.1, 0.15) is 12.5 Å². The molecule has 10 nitrogen and oxygen atoms in total. The largest absolute Gasteiger partial charge is 0.377 e. The Labute approximate surface area is 221 Å². The molecule has 37 heavy (non-hydrogen) atoms. The summed E-state index contributed by atoms with van der Waals surface area (Å²) in [6.07, 6.45) is 5.33. The van der Waals surface area contributed by atoms with Crippen LogP contribution in [0.1, 0.15) is 27.7 Å². The van der Waals surface area contributed by atoms with Crippen LogP contribution in [-0.4, -0.2) is 80.2 Å². The highest BCUT2D eigenvalue weighted by atomic mass is 32.2. The van der Waals surface area contributed by atoms with Gasteiger partial charge in [-0.2, -0.15) is 19.2 Å². The Morgan fingerprint density at radius 1 is 1.27 bits per heavy atom. The van der Waals surface area contributed by atoms with Crippen LogP contribution in [0, 0.1) is 0 Å². The summed E-state index contributed by atoms with van der Waals surface area (Å²) < 4.78 is 32.8. The Bertz CT molecular complexity index is 1360. The second kappa shape index (κ2) is 10.5. The third kappa shape index (κ3) is 6.41. The van der Waals surface area contributed by atoms with Gasteiger partial charge in [0, 0.05) is 50.6 Å². The monoisotopic (exact) mass is 547 g/mol. The first-order valence-electron chi connectivity index (χ1n) is 12.8. The van der Waals surface area contributed by atoms with Gasteiger partial charge >= 0.3 is 0 Å². The molecule has 0 N–H and O–H groups in total. The minimum Gasteiger partial charge on any atom is -0.377 e. The normalized spacial score (nSPS) is 18.8. The van der Waals surface area contributed by atoms with Gasteiger partial charge in [-0.1, -0.05) is 19.6 Å². The van der Waals surface area contributed by atoms with Gasteiger partial charge in [0.25, 0.3) is 0 Å². The van der Waals surface area contributed by atoms with Crippen molar-refractivity contribution < 1.29 is 13.7 Å². The van der Waals surface area contributed by atoms with Crippen molar-refractivity contribution in [1.82, 2.24) is 24.5 Å². The van der Waals surface area contributed by atoms with E-state index in [0.717, 1.165) is 30.4 Å². The molecule has 4 rings (SSSR count). The standard InChI is InChI=1S/C25H41N7O3SSi/c1-19-17-34-12-11-31(19)23-15-21(29-36(5,33)25(2,3)4)20-16-26-32(24(20)27-23)22-9-10-30(28-22)18-35-13-14-37(6,7)8/h9-10,15-16,19H,11-14,17-18H2,1-8H3/t19-,36?/m1/s1. The maximum Gasteiger partial charge on any atom is 0.177 e. The van der Waals surface area contributed by atoms with Crippen molar-refractivity contribution in [1.29, 1.82) is 0 Å². The zero-order valence-corrected chi connectivity index (χ0v) is 25.2. The Balaban J connectivity index is 1.74. The molecule has 0 amide bonds.